The first kappa shape index (κ1) is 19.4. The standard InChI is InChI=1S/C15H21ClN2O4S/c1-12(19)17-9-4-5-10-18-15(20)8-11-23(21,22)14-7-3-2-6-13(14)16/h2-3,6-7H,4-5,8-11H2,1H3,(H,17,19)(H,18,20). The number of rotatable bonds is 9. The van der Waals surface area contributed by atoms with Crippen LogP contribution in [0.5, 0.6) is 0 Å². The van der Waals surface area contributed by atoms with Crippen molar-refractivity contribution in [3.8, 4) is 0 Å². The lowest BCUT2D eigenvalue weighted by Crippen LogP contribution is -2.27. The zero-order chi connectivity index (χ0) is 17.3. The molecule has 0 aliphatic rings. The Morgan fingerprint density at radius 2 is 1.70 bits per heavy atom. The SMILES string of the molecule is CC(=O)NCCCCNC(=O)CCS(=O)(=O)c1ccccc1Cl. The van der Waals surface area contributed by atoms with Crippen LogP contribution in [0, 0.1) is 0 Å². The second kappa shape index (κ2) is 9.52. The third kappa shape index (κ3) is 7.47. The van der Waals surface area contributed by atoms with Gasteiger partial charge in [0.05, 0.1) is 15.7 Å². The van der Waals surface area contributed by atoms with Crippen molar-refractivity contribution in [3.05, 3.63) is 29.3 Å². The van der Waals surface area contributed by atoms with Gasteiger partial charge in [0.15, 0.2) is 9.84 Å². The van der Waals surface area contributed by atoms with Gasteiger partial charge < -0.3 is 10.6 Å². The smallest absolute Gasteiger partial charge is 0.221 e. The number of amides is 2. The van der Waals surface area contributed by atoms with E-state index in [9.17, 15) is 18.0 Å². The number of hydrogen-bond donors (Lipinski definition) is 2. The number of sulfone groups is 1. The molecule has 0 saturated carbocycles. The predicted molar refractivity (Wildman–Crippen MR) is 89.0 cm³/mol. The van der Waals surface area contributed by atoms with Gasteiger partial charge in [0.25, 0.3) is 0 Å². The monoisotopic (exact) mass is 360 g/mol. The zero-order valence-corrected chi connectivity index (χ0v) is 14.5. The lowest BCUT2D eigenvalue weighted by Gasteiger charge is -2.07. The van der Waals surface area contributed by atoms with Crippen LogP contribution in [0.2, 0.25) is 5.02 Å². The Morgan fingerprint density at radius 3 is 2.30 bits per heavy atom. The fraction of sp³-hybridized carbons (Fsp3) is 0.467. The summed E-state index contributed by atoms with van der Waals surface area (Å²) in [6.07, 6.45) is 1.35. The van der Waals surface area contributed by atoms with Gasteiger partial charge in [-0.15, -0.1) is 0 Å². The Balaban J connectivity index is 2.30. The molecule has 0 spiro atoms. The number of nitrogens with one attached hydrogen (secondary N) is 2. The maximum atomic E-state index is 12.1. The van der Waals surface area contributed by atoms with E-state index in [0.29, 0.717) is 19.5 Å². The van der Waals surface area contributed by atoms with Crippen molar-refractivity contribution in [1.29, 1.82) is 0 Å². The van der Waals surface area contributed by atoms with Gasteiger partial charge >= 0.3 is 0 Å². The summed E-state index contributed by atoms with van der Waals surface area (Å²) < 4.78 is 24.3. The van der Waals surface area contributed by atoms with Gasteiger partial charge in [-0.2, -0.15) is 0 Å². The summed E-state index contributed by atoms with van der Waals surface area (Å²) in [5.74, 6) is -0.687. The minimum atomic E-state index is -3.58. The van der Waals surface area contributed by atoms with E-state index in [1.807, 2.05) is 0 Å². The molecule has 8 heteroatoms. The lowest BCUT2D eigenvalue weighted by atomic mass is 10.3. The Morgan fingerprint density at radius 1 is 1.09 bits per heavy atom. The van der Waals surface area contributed by atoms with Crippen molar-refractivity contribution in [2.45, 2.75) is 31.1 Å². The molecule has 0 aliphatic heterocycles. The van der Waals surface area contributed by atoms with E-state index >= 15 is 0 Å². The van der Waals surface area contributed by atoms with E-state index in [-0.39, 0.29) is 33.9 Å². The molecule has 1 rings (SSSR count). The van der Waals surface area contributed by atoms with Gasteiger partial charge in [0.1, 0.15) is 0 Å². The Bertz CT molecular complexity index is 647. The number of carbonyl (C=O) groups excluding carboxylic acids is 2. The molecule has 0 heterocycles. The summed E-state index contributed by atoms with van der Waals surface area (Å²) >= 11 is 5.87. The molecule has 0 fully saturated rings. The van der Waals surface area contributed by atoms with Gasteiger partial charge in [-0.05, 0) is 25.0 Å². The van der Waals surface area contributed by atoms with Crippen LogP contribution in [-0.4, -0.2) is 39.1 Å². The van der Waals surface area contributed by atoms with E-state index < -0.39 is 9.84 Å². The third-order valence-electron chi connectivity index (χ3n) is 3.07. The van der Waals surface area contributed by atoms with Crippen LogP contribution in [-0.2, 0) is 19.4 Å². The van der Waals surface area contributed by atoms with Gasteiger partial charge in [-0.1, -0.05) is 23.7 Å². The summed E-state index contributed by atoms with van der Waals surface area (Å²) in [6, 6.07) is 6.17. The molecule has 0 unspecified atom stereocenters. The first-order valence-electron chi connectivity index (χ1n) is 7.31. The second-order valence-corrected chi connectivity index (χ2v) is 7.52. The molecule has 0 bridgehead atoms. The molecule has 23 heavy (non-hydrogen) atoms. The third-order valence-corrected chi connectivity index (χ3v) is 5.28. The van der Waals surface area contributed by atoms with Crippen molar-refractivity contribution in [3.63, 3.8) is 0 Å². The molecule has 2 N–H and O–H groups in total. The van der Waals surface area contributed by atoms with E-state index in [1.54, 1.807) is 12.1 Å². The number of halogens is 1. The minimum Gasteiger partial charge on any atom is -0.356 e. The van der Waals surface area contributed by atoms with Crippen molar-refractivity contribution in [1.82, 2.24) is 10.6 Å². The summed E-state index contributed by atoms with van der Waals surface area (Å²) in [5, 5.41) is 5.48. The van der Waals surface area contributed by atoms with Gasteiger partial charge in [-0.25, -0.2) is 8.42 Å². The highest BCUT2D eigenvalue weighted by atomic mass is 35.5. The summed E-state index contributed by atoms with van der Waals surface area (Å²) in [6.45, 7) is 2.46. The van der Waals surface area contributed by atoms with Crippen LogP contribution in [0.4, 0.5) is 0 Å². The first-order valence-corrected chi connectivity index (χ1v) is 9.34. The molecule has 0 saturated heterocycles. The molecular weight excluding hydrogens is 340 g/mol. The normalized spacial score (nSPS) is 11.0. The highest BCUT2D eigenvalue weighted by Crippen LogP contribution is 2.22. The number of unbranched alkanes of at least 4 members (excludes halogenated alkanes) is 1. The molecular formula is C15H21ClN2O4S. The van der Waals surface area contributed by atoms with E-state index in [0.717, 1.165) is 6.42 Å². The van der Waals surface area contributed by atoms with Crippen LogP contribution >= 0.6 is 11.6 Å². The van der Waals surface area contributed by atoms with Crippen LogP contribution in [0.3, 0.4) is 0 Å². The van der Waals surface area contributed by atoms with E-state index in [4.69, 9.17) is 11.6 Å². The fourth-order valence-corrected chi connectivity index (χ4v) is 3.68. The maximum Gasteiger partial charge on any atom is 0.221 e. The fourth-order valence-electron chi connectivity index (χ4n) is 1.86. The number of carbonyl (C=O) groups is 2. The topological polar surface area (TPSA) is 92.3 Å². The van der Waals surface area contributed by atoms with Crippen LogP contribution in [0.25, 0.3) is 0 Å². The van der Waals surface area contributed by atoms with Crippen LogP contribution in [0.1, 0.15) is 26.2 Å². The van der Waals surface area contributed by atoms with Crippen LogP contribution < -0.4 is 10.6 Å². The Labute approximate surface area is 141 Å². The summed E-state index contributed by atoms with van der Waals surface area (Å²) in [7, 11) is -3.58. The Kier molecular flexibility index (Phi) is 8.05. The lowest BCUT2D eigenvalue weighted by molar-refractivity contribution is -0.121. The summed E-state index contributed by atoms with van der Waals surface area (Å²) in [4.78, 5) is 22.4. The van der Waals surface area contributed by atoms with Crippen LogP contribution in [0.15, 0.2) is 29.2 Å². The molecule has 0 aromatic heterocycles. The first-order chi connectivity index (χ1) is 10.8. The van der Waals surface area contributed by atoms with Gasteiger partial charge in [0, 0.05) is 26.4 Å². The maximum absolute atomic E-state index is 12.1. The highest BCUT2D eigenvalue weighted by Gasteiger charge is 2.18. The molecule has 2 amide bonds. The largest absolute Gasteiger partial charge is 0.356 e. The Hall–Kier alpha value is -1.60. The van der Waals surface area contributed by atoms with Crippen molar-refractivity contribution in [2.75, 3.05) is 18.8 Å². The molecule has 1 aromatic rings. The molecule has 0 aliphatic carbocycles. The molecule has 0 radical (unpaired) electrons. The summed E-state index contributed by atoms with van der Waals surface area (Å²) in [5.41, 5.74) is 0. The van der Waals surface area contributed by atoms with Gasteiger partial charge in [-0.3, -0.25) is 9.59 Å². The van der Waals surface area contributed by atoms with E-state index in [2.05, 4.69) is 10.6 Å². The minimum absolute atomic E-state index is 0.0461. The molecule has 6 nitrogen and oxygen atoms in total. The average molecular weight is 361 g/mol. The zero-order valence-electron chi connectivity index (χ0n) is 13.0. The highest BCUT2D eigenvalue weighted by molar-refractivity contribution is 7.91. The van der Waals surface area contributed by atoms with Crippen molar-refractivity contribution >= 4 is 33.3 Å². The molecule has 128 valence electrons. The number of hydrogen-bond acceptors (Lipinski definition) is 4. The predicted octanol–water partition coefficient (Wildman–Crippen LogP) is 1.54. The number of benzene rings is 1. The average Bonchev–Trinajstić information content (AvgIpc) is 2.49. The molecule has 1 aromatic carbocycles. The van der Waals surface area contributed by atoms with Crippen molar-refractivity contribution < 1.29 is 18.0 Å². The van der Waals surface area contributed by atoms with E-state index in [1.165, 1.54) is 19.1 Å². The van der Waals surface area contributed by atoms with Crippen molar-refractivity contribution in [2.24, 2.45) is 0 Å². The quantitative estimate of drug-likeness (QED) is 0.653. The second-order valence-electron chi connectivity index (χ2n) is 5.04. The van der Waals surface area contributed by atoms with Gasteiger partial charge in [0.2, 0.25) is 11.8 Å². The molecule has 0 atom stereocenters.